The first-order chi connectivity index (χ1) is 13.6. The fourth-order valence-electron chi connectivity index (χ4n) is 3.26. The Bertz CT molecular complexity index is 1020. The van der Waals surface area contributed by atoms with E-state index in [1.54, 1.807) is 12.1 Å². The second-order valence-corrected chi connectivity index (χ2v) is 7.09. The van der Waals surface area contributed by atoms with Gasteiger partial charge in [-0.15, -0.1) is 0 Å². The van der Waals surface area contributed by atoms with Gasteiger partial charge in [-0.2, -0.15) is 0 Å². The minimum atomic E-state index is -0.344. The Kier molecular flexibility index (Phi) is 5.32. The molecule has 0 atom stereocenters. The van der Waals surface area contributed by atoms with Crippen LogP contribution in [-0.4, -0.2) is 37.3 Å². The van der Waals surface area contributed by atoms with E-state index in [0.717, 1.165) is 48.6 Å². The Hall–Kier alpha value is -2.83. The van der Waals surface area contributed by atoms with Gasteiger partial charge in [0.15, 0.2) is 0 Å². The van der Waals surface area contributed by atoms with E-state index in [2.05, 4.69) is 28.5 Å². The molecule has 0 radical (unpaired) electrons. The van der Waals surface area contributed by atoms with Gasteiger partial charge in [0.2, 0.25) is 0 Å². The number of hydrogen-bond donors (Lipinski definition) is 2. The number of carbonyl (C=O) groups is 1. The fraction of sp³-hybridized carbons (Fsp3) is 0.238. The summed E-state index contributed by atoms with van der Waals surface area (Å²) in [6.07, 6.45) is 0. The largest absolute Gasteiger partial charge is 0.378 e. The normalized spacial score (nSPS) is 14.1. The number of aryl methyl sites for hydroxylation is 1. The highest BCUT2D eigenvalue weighted by Crippen LogP contribution is 2.26. The summed E-state index contributed by atoms with van der Waals surface area (Å²) in [5.41, 5.74) is 3.27. The number of nitrogens with zero attached hydrogens (tertiary/aromatic N) is 2. The summed E-state index contributed by atoms with van der Waals surface area (Å²) in [5, 5.41) is 7.11. The smallest absolute Gasteiger partial charge is 0.323 e. The molecule has 0 bridgehead atoms. The molecule has 1 fully saturated rings. The van der Waals surface area contributed by atoms with Crippen molar-refractivity contribution in [2.24, 2.45) is 0 Å². The molecule has 1 aliphatic heterocycles. The highest BCUT2D eigenvalue weighted by molar-refractivity contribution is 6.33. The molecule has 7 heteroatoms. The molecule has 144 valence electrons. The third-order valence-corrected chi connectivity index (χ3v) is 5.05. The third kappa shape index (κ3) is 4.03. The van der Waals surface area contributed by atoms with Crippen molar-refractivity contribution in [2.45, 2.75) is 6.92 Å². The van der Waals surface area contributed by atoms with Gasteiger partial charge in [-0.1, -0.05) is 23.7 Å². The lowest BCUT2D eigenvalue weighted by atomic mass is 10.1. The number of benzene rings is 2. The van der Waals surface area contributed by atoms with Crippen LogP contribution in [0.15, 0.2) is 48.5 Å². The number of pyridine rings is 1. The number of urea groups is 1. The number of halogens is 1. The van der Waals surface area contributed by atoms with E-state index in [1.165, 1.54) is 0 Å². The van der Waals surface area contributed by atoms with Crippen LogP contribution >= 0.6 is 11.6 Å². The molecule has 3 aromatic rings. The summed E-state index contributed by atoms with van der Waals surface area (Å²) in [7, 11) is 0. The zero-order valence-corrected chi connectivity index (χ0v) is 16.3. The van der Waals surface area contributed by atoms with Gasteiger partial charge in [-0.05, 0) is 48.9 Å². The minimum absolute atomic E-state index is 0.344. The molecule has 6 nitrogen and oxygen atoms in total. The predicted octanol–water partition coefficient (Wildman–Crippen LogP) is 4.68. The Balaban J connectivity index is 1.53. The summed E-state index contributed by atoms with van der Waals surface area (Å²) in [4.78, 5) is 19.3. The van der Waals surface area contributed by atoms with E-state index >= 15 is 0 Å². The van der Waals surface area contributed by atoms with E-state index in [0.29, 0.717) is 16.4 Å². The number of hydrogen-bond acceptors (Lipinski definition) is 4. The number of ether oxygens (including phenoxy) is 1. The molecule has 0 unspecified atom stereocenters. The quantitative estimate of drug-likeness (QED) is 0.674. The van der Waals surface area contributed by atoms with Crippen LogP contribution in [-0.2, 0) is 4.74 Å². The van der Waals surface area contributed by atoms with Crippen molar-refractivity contribution in [1.82, 2.24) is 4.98 Å². The standard InChI is InChI=1S/C21H21ClN4O2/c1-14-12-20(26-8-10-28-11-9-26)24-18-7-6-15(13-16(14)18)23-21(27)25-19-5-3-2-4-17(19)22/h2-7,12-13H,8-11H2,1H3,(H2,23,25,27). The van der Waals surface area contributed by atoms with Crippen molar-refractivity contribution in [1.29, 1.82) is 0 Å². The second kappa shape index (κ2) is 8.04. The van der Waals surface area contributed by atoms with Gasteiger partial charge in [0, 0.05) is 24.2 Å². The van der Waals surface area contributed by atoms with Crippen LogP contribution in [0, 0.1) is 6.92 Å². The van der Waals surface area contributed by atoms with Crippen LogP contribution in [0.3, 0.4) is 0 Å². The molecule has 2 amide bonds. The maximum Gasteiger partial charge on any atom is 0.323 e. The summed E-state index contributed by atoms with van der Waals surface area (Å²) < 4.78 is 5.42. The SMILES string of the molecule is Cc1cc(N2CCOCC2)nc2ccc(NC(=O)Nc3ccccc3Cl)cc12. The number of morpholine rings is 1. The Labute approximate surface area is 168 Å². The molecule has 0 saturated carbocycles. The minimum Gasteiger partial charge on any atom is -0.378 e. The second-order valence-electron chi connectivity index (χ2n) is 6.69. The van der Waals surface area contributed by atoms with Crippen molar-refractivity contribution < 1.29 is 9.53 Å². The van der Waals surface area contributed by atoms with Crippen LogP contribution in [0.25, 0.3) is 10.9 Å². The molecule has 1 aliphatic rings. The van der Waals surface area contributed by atoms with E-state index in [1.807, 2.05) is 30.3 Å². The van der Waals surface area contributed by atoms with E-state index in [-0.39, 0.29) is 6.03 Å². The van der Waals surface area contributed by atoms with Gasteiger partial charge in [0.25, 0.3) is 0 Å². The van der Waals surface area contributed by atoms with Crippen molar-refractivity contribution in [2.75, 3.05) is 41.8 Å². The van der Waals surface area contributed by atoms with Gasteiger partial charge < -0.3 is 20.3 Å². The number of amides is 2. The number of anilines is 3. The zero-order valence-electron chi connectivity index (χ0n) is 15.5. The molecular weight excluding hydrogens is 376 g/mol. The molecule has 1 saturated heterocycles. The number of fused-ring (bicyclic) bond motifs is 1. The van der Waals surface area contributed by atoms with Crippen LogP contribution in [0.4, 0.5) is 22.0 Å². The van der Waals surface area contributed by atoms with Crippen LogP contribution in [0.2, 0.25) is 5.02 Å². The van der Waals surface area contributed by atoms with Crippen LogP contribution in [0.1, 0.15) is 5.56 Å². The van der Waals surface area contributed by atoms with Crippen molar-refractivity contribution in [3.63, 3.8) is 0 Å². The highest BCUT2D eigenvalue weighted by Gasteiger charge is 2.14. The number of aromatic nitrogens is 1. The van der Waals surface area contributed by atoms with Crippen LogP contribution < -0.4 is 15.5 Å². The van der Waals surface area contributed by atoms with Crippen LogP contribution in [0.5, 0.6) is 0 Å². The van der Waals surface area contributed by atoms with Gasteiger partial charge in [0.1, 0.15) is 5.82 Å². The first-order valence-electron chi connectivity index (χ1n) is 9.17. The fourth-order valence-corrected chi connectivity index (χ4v) is 3.44. The molecule has 28 heavy (non-hydrogen) atoms. The van der Waals surface area contributed by atoms with Crippen molar-refractivity contribution in [3.8, 4) is 0 Å². The molecule has 2 N–H and O–H groups in total. The lowest BCUT2D eigenvalue weighted by molar-refractivity contribution is 0.122. The molecule has 0 aliphatic carbocycles. The number of nitrogens with one attached hydrogen (secondary N) is 2. The Morgan fingerprint density at radius 2 is 1.89 bits per heavy atom. The molecule has 2 heterocycles. The topological polar surface area (TPSA) is 66.5 Å². The van der Waals surface area contributed by atoms with E-state index in [4.69, 9.17) is 21.3 Å². The average molecular weight is 397 g/mol. The maximum atomic E-state index is 12.3. The predicted molar refractivity (Wildman–Crippen MR) is 114 cm³/mol. The van der Waals surface area contributed by atoms with Gasteiger partial charge in [-0.25, -0.2) is 9.78 Å². The summed E-state index contributed by atoms with van der Waals surface area (Å²) in [6, 6.07) is 14.6. The summed E-state index contributed by atoms with van der Waals surface area (Å²) in [6.45, 7) is 5.20. The highest BCUT2D eigenvalue weighted by atomic mass is 35.5. The molecule has 0 spiro atoms. The Morgan fingerprint density at radius 1 is 1.11 bits per heavy atom. The van der Waals surface area contributed by atoms with Crippen molar-refractivity contribution >= 4 is 45.7 Å². The lowest BCUT2D eigenvalue weighted by Crippen LogP contribution is -2.36. The van der Waals surface area contributed by atoms with Gasteiger partial charge in [0.05, 0.1) is 29.4 Å². The molecule has 1 aromatic heterocycles. The molecule has 4 rings (SSSR count). The Morgan fingerprint density at radius 3 is 2.68 bits per heavy atom. The number of rotatable bonds is 3. The average Bonchev–Trinajstić information content (AvgIpc) is 2.71. The van der Waals surface area contributed by atoms with Gasteiger partial charge in [-0.3, -0.25) is 0 Å². The first kappa shape index (κ1) is 18.5. The summed E-state index contributed by atoms with van der Waals surface area (Å²) in [5.74, 6) is 0.963. The first-order valence-corrected chi connectivity index (χ1v) is 9.54. The van der Waals surface area contributed by atoms with E-state index in [9.17, 15) is 4.79 Å². The number of para-hydroxylation sites is 1. The molecule has 2 aromatic carbocycles. The number of carbonyl (C=O) groups excluding carboxylic acids is 1. The third-order valence-electron chi connectivity index (χ3n) is 4.72. The molecular formula is C21H21ClN4O2. The maximum absolute atomic E-state index is 12.3. The van der Waals surface area contributed by atoms with E-state index < -0.39 is 0 Å². The summed E-state index contributed by atoms with van der Waals surface area (Å²) >= 11 is 6.09. The zero-order chi connectivity index (χ0) is 19.5. The van der Waals surface area contributed by atoms with Gasteiger partial charge >= 0.3 is 6.03 Å². The van der Waals surface area contributed by atoms with Crippen molar-refractivity contribution in [3.05, 3.63) is 59.1 Å². The lowest BCUT2D eigenvalue weighted by Gasteiger charge is -2.28. The monoisotopic (exact) mass is 396 g/mol.